The molecule has 0 radical (unpaired) electrons. The smallest absolute Gasteiger partial charge is 0.113 e. The fourth-order valence-corrected chi connectivity index (χ4v) is 3.23. The van der Waals surface area contributed by atoms with Gasteiger partial charge in [0.2, 0.25) is 0 Å². The highest BCUT2D eigenvalue weighted by Gasteiger charge is 2.38. The zero-order valence-corrected chi connectivity index (χ0v) is 12.4. The maximum Gasteiger partial charge on any atom is 0.113 e. The number of likely N-dealkylation sites (N-methyl/N-ethyl adjacent to an activating group) is 1. The fraction of sp³-hybridized carbons (Fsp3) is 0.316. The summed E-state index contributed by atoms with van der Waals surface area (Å²) in [4.78, 5) is 2.22. The molecule has 21 heavy (non-hydrogen) atoms. The van der Waals surface area contributed by atoms with E-state index in [1.165, 1.54) is 16.7 Å². The van der Waals surface area contributed by atoms with E-state index in [0.29, 0.717) is 0 Å². The molecular formula is C19H20N2. The third-order valence-electron chi connectivity index (χ3n) is 4.61. The minimum atomic E-state index is -0.385. The Kier molecular flexibility index (Phi) is 3.77. The fourth-order valence-electron chi connectivity index (χ4n) is 3.23. The molecule has 0 amide bonds. The molecule has 1 atom stereocenters. The minimum Gasteiger partial charge on any atom is -0.284 e. The van der Waals surface area contributed by atoms with Crippen molar-refractivity contribution in [2.45, 2.75) is 31.3 Å². The lowest BCUT2D eigenvalue weighted by Crippen LogP contribution is -2.49. The highest BCUT2D eigenvalue weighted by Crippen LogP contribution is 2.33. The second kappa shape index (κ2) is 5.71. The first-order chi connectivity index (χ1) is 10.2. The third kappa shape index (κ3) is 2.70. The Morgan fingerprint density at radius 3 is 2.43 bits per heavy atom. The summed E-state index contributed by atoms with van der Waals surface area (Å²) in [6.45, 7) is 0.816. The van der Waals surface area contributed by atoms with Crippen molar-refractivity contribution < 1.29 is 0 Å². The van der Waals surface area contributed by atoms with E-state index in [1.807, 2.05) is 6.07 Å². The highest BCUT2D eigenvalue weighted by molar-refractivity contribution is 5.35. The topological polar surface area (TPSA) is 27.0 Å². The maximum absolute atomic E-state index is 9.82. The van der Waals surface area contributed by atoms with Gasteiger partial charge in [-0.25, -0.2) is 0 Å². The second-order valence-electron chi connectivity index (χ2n) is 5.93. The molecule has 0 aliphatic heterocycles. The third-order valence-corrected chi connectivity index (χ3v) is 4.61. The van der Waals surface area contributed by atoms with Crippen molar-refractivity contribution in [2.75, 3.05) is 7.05 Å². The summed E-state index contributed by atoms with van der Waals surface area (Å²) in [5.41, 5.74) is 3.60. The lowest BCUT2D eigenvalue weighted by molar-refractivity contribution is 0.148. The van der Waals surface area contributed by atoms with Gasteiger partial charge in [0.25, 0.3) is 0 Å². The predicted molar refractivity (Wildman–Crippen MR) is 84.7 cm³/mol. The number of nitriles is 1. The van der Waals surface area contributed by atoms with Crippen LogP contribution >= 0.6 is 0 Å². The minimum absolute atomic E-state index is 0.385. The quantitative estimate of drug-likeness (QED) is 0.857. The van der Waals surface area contributed by atoms with E-state index >= 15 is 0 Å². The zero-order chi connectivity index (χ0) is 14.7. The lowest BCUT2D eigenvalue weighted by atomic mass is 9.77. The monoisotopic (exact) mass is 276 g/mol. The van der Waals surface area contributed by atoms with Gasteiger partial charge in [0.1, 0.15) is 5.54 Å². The molecule has 0 saturated heterocycles. The lowest BCUT2D eigenvalue weighted by Gasteiger charge is -2.40. The van der Waals surface area contributed by atoms with Gasteiger partial charge < -0.3 is 0 Å². The van der Waals surface area contributed by atoms with Crippen molar-refractivity contribution in [3.05, 3.63) is 71.3 Å². The predicted octanol–water partition coefficient (Wildman–Crippen LogP) is 3.57. The van der Waals surface area contributed by atoms with Crippen LogP contribution in [0.1, 0.15) is 23.1 Å². The number of hydrogen-bond acceptors (Lipinski definition) is 2. The molecule has 0 spiro atoms. The molecule has 0 fully saturated rings. The van der Waals surface area contributed by atoms with E-state index in [4.69, 9.17) is 0 Å². The number of fused-ring (bicyclic) bond motifs is 1. The molecule has 2 aromatic rings. The Bertz CT molecular complexity index is 657. The van der Waals surface area contributed by atoms with E-state index in [0.717, 1.165) is 25.8 Å². The summed E-state index contributed by atoms with van der Waals surface area (Å²) in [7, 11) is 2.07. The summed E-state index contributed by atoms with van der Waals surface area (Å²) >= 11 is 0. The standard InChI is InChI=1S/C19H20N2/c1-21(14-16-7-3-2-4-8-16)19(15-20)12-11-17-9-5-6-10-18(17)13-19/h2-10H,11-14H2,1H3. The van der Waals surface area contributed by atoms with E-state index in [1.54, 1.807) is 0 Å². The van der Waals surface area contributed by atoms with Gasteiger partial charge in [0.05, 0.1) is 6.07 Å². The number of aryl methyl sites for hydroxylation is 1. The van der Waals surface area contributed by atoms with E-state index in [-0.39, 0.29) is 5.54 Å². The van der Waals surface area contributed by atoms with Crippen molar-refractivity contribution in [1.82, 2.24) is 4.90 Å². The van der Waals surface area contributed by atoms with Crippen LogP contribution in [0.25, 0.3) is 0 Å². The van der Waals surface area contributed by atoms with Gasteiger partial charge >= 0.3 is 0 Å². The van der Waals surface area contributed by atoms with Crippen LogP contribution in [-0.2, 0) is 19.4 Å². The molecule has 0 bridgehead atoms. The Hall–Kier alpha value is -2.11. The molecule has 0 heterocycles. The molecule has 2 aromatic carbocycles. The van der Waals surface area contributed by atoms with Crippen LogP contribution in [0.2, 0.25) is 0 Å². The normalized spacial score (nSPS) is 20.8. The van der Waals surface area contributed by atoms with Gasteiger partial charge in [-0.1, -0.05) is 54.6 Å². The highest BCUT2D eigenvalue weighted by atomic mass is 15.2. The Labute approximate surface area is 126 Å². The molecule has 1 aliphatic rings. The summed E-state index contributed by atoms with van der Waals surface area (Å²) in [6, 6.07) is 21.5. The largest absolute Gasteiger partial charge is 0.284 e. The van der Waals surface area contributed by atoms with Crippen LogP contribution in [0, 0.1) is 11.3 Å². The number of nitrogens with zero attached hydrogens (tertiary/aromatic N) is 2. The molecule has 0 aromatic heterocycles. The molecule has 1 unspecified atom stereocenters. The maximum atomic E-state index is 9.82. The SMILES string of the molecule is CN(Cc1ccccc1)C1(C#N)CCc2ccccc2C1. The van der Waals surface area contributed by atoms with Crippen LogP contribution < -0.4 is 0 Å². The second-order valence-corrected chi connectivity index (χ2v) is 5.93. The van der Waals surface area contributed by atoms with Gasteiger partial charge in [0.15, 0.2) is 0 Å². The van der Waals surface area contributed by atoms with Crippen molar-refractivity contribution in [3.8, 4) is 6.07 Å². The van der Waals surface area contributed by atoms with Crippen LogP contribution in [0.15, 0.2) is 54.6 Å². The molecule has 3 rings (SSSR count). The molecule has 106 valence electrons. The first kappa shape index (κ1) is 13.9. The summed E-state index contributed by atoms with van der Waals surface area (Å²) in [5, 5.41) is 9.82. The van der Waals surface area contributed by atoms with E-state index in [9.17, 15) is 5.26 Å². The molecule has 0 saturated carbocycles. The van der Waals surface area contributed by atoms with Crippen LogP contribution in [0.5, 0.6) is 0 Å². The van der Waals surface area contributed by atoms with Crippen molar-refractivity contribution in [2.24, 2.45) is 0 Å². The van der Waals surface area contributed by atoms with Gasteiger partial charge in [-0.15, -0.1) is 0 Å². The summed E-state index contributed by atoms with van der Waals surface area (Å²) < 4.78 is 0. The Balaban J connectivity index is 1.84. The molecular weight excluding hydrogens is 256 g/mol. The van der Waals surface area contributed by atoms with Gasteiger partial charge in [-0.05, 0) is 36.6 Å². The number of benzene rings is 2. The summed E-state index contributed by atoms with van der Waals surface area (Å²) in [5.74, 6) is 0. The summed E-state index contributed by atoms with van der Waals surface area (Å²) in [6.07, 6.45) is 2.72. The Morgan fingerprint density at radius 1 is 1.05 bits per heavy atom. The van der Waals surface area contributed by atoms with Crippen molar-refractivity contribution in [1.29, 1.82) is 5.26 Å². The van der Waals surface area contributed by atoms with Crippen LogP contribution in [0.4, 0.5) is 0 Å². The molecule has 2 heteroatoms. The first-order valence-corrected chi connectivity index (χ1v) is 7.47. The zero-order valence-electron chi connectivity index (χ0n) is 12.4. The van der Waals surface area contributed by atoms with Crippen LogP contribution in [-0.4, -0.2) is 17.5 Å². The number of rotatable bonds is 3. The average Bonchev–Trinajstić information content (AvgIpc) is 2.55. The first-order valence-electron chi connectivity index (χ1n) is 7.47. The van der Waals surface area contributed by atoms with Crippen LogP contribution in [0.3, 0.4) is 0 Å². The van der Waals surface area contributed by atoms with Gasteiger partial charge in [0, 0.05) is 13.0 Å². The number of hydrogen-bond donors (Lipinski definition) is 0. The molecule has 0 N–H and O–H groups in total. The van der Waals surface area contributed by atoms with Gasteiger partial charge in [-0.2, -0.15) is 5.26 Å². The van der Waals surface area contributed by atoms with Crippen molar-refractivity contribution in [3.63, 3.8) is 0 Å². The average molecular weight is 276 g/mol. The van der Waals surface area contributed by atoms with Crippen molar-refractivity contribution >= 4 is 0 Å². The Morgan fingerprint density at radius 2 is 1.71 bits per heavy atom. The molecule has 2 nitrogen and oxygen atoms in total. The van der Waals surface area contributed by atoms with E-state index < -0.39 is 0 Å². The van der Waals surface area contributed by atoms with Gasteiger partial charge in [-0.3, -0.25) is 4.90 Å². The van der Waals surface area contributed by atoms with E-state index in [2.05, 4.69) is 66.5 Å². The molecule has 1 aliphatic carbocycles.